The second-order valence-corrected chi connectivity index (χ2v) is 6.57. The highest BCUT2D eigenvalue weighted by molar-refractivity contribution is 6.37. The number of anilines is 2. The molecule has 0 amide bonds. The van der Waals surface area contributed by atoms with Crippen LogP contribution in [-0.4, -0.2) is 29.8 Å². The quantitative estimate of drug-likeness (QED) is 0.732. The van der Waals surface area contributed by atoms with E-state index in [0.29, 0.717) is 28.2 Å². The third-order valence-corrected chi connectivity index (χ3v) is 4.73. The average molecular weight is 332 g/mol. The Labute approximate surface area is 136 Å². The molecule has 1 aliphatic carbocycles. The van der Waals surface area contributed by atoms with E-state index in [-0.39, 0.29) is 12.0 Å². The minimum atomic E-state index is -0.0543. The van der Waals surface area contributed by atoms with Gasteiger partial charge in [-0.3, -0.25) is 0 Å². The van der Waals surface area contributed by atoms with Gasteiger partial charge in [-0.15, -0.1) is 0 Å². The van der Waals surface area contributed by atoms with E-state index in [9.17, 15) is 5.11 Å². The molecule has 0 aliphatic heterocycles. The number of nitrogens with zero attached hydrogens (tertiary/aromatic N) is 1. The fourth-order valence-corrected chi connectivity index (χ4v) is 3.34. The van der Waals surface area contributed by atoms with Gasteiger partial charge in [-0.2, -0.15) is 0 Å². The minimum absolute atomic E-state index is 0.0543. The lowest BCUT2D eigenvalue weighted by atomic mass is 9.74. The molecule has 1 aromatic heterocycles. The van der Waals surface area contributed by atoms with E-state index in [2.05, 4.69) is 15.6 Å². The lowest BCUT2D eigenvalue weighted by Gasteiger charge is -2.36. The van der Waals surface area contributed by atoms with Crippen molar-refractivity contribution in [2.24, 2.45) is 5.41 Å². The SMILES string of the molecule is CCNc1nc(NCC2(CO)CCCCC2)c(Cl)cc1Cl. The van der Waals surface area contributed by atoms with Crippen LogP contribution in [0, 0.1) is 5.41 Å². The van der Waals surface area contributed by atoms with Crippen molar-refractivity contribution in [1.82, 2.24) is 4.98 Å². The van der Waals surface area contributed by atoms with Crippen molar-refractivity contribution in [2.75, 3.05) is 30.3 Å². The van der Waals surface area contributed by atoms with Gasteiger partial charge < -0.3 is 15.7 Å². The molecule has 0 atom stereocenters. The van der Waals surface area contributed by atoms with Crippen molar-refractivity contribution in [3.63, 3.8) is 0 Å². The van der Waals surface area contributed by atoms with Crippen LogP contribution in [0.25, 0.3) is 0 Å². The second-order valence-electron chi connectivity index (χ2n) is 5.75. The van der Waals surface area contributed by atoms with E-state index in [1.807, 2.05) is 6.92 Å². The van der Waals surface area contributed by atoms with E-state index >= 15 is 0 Å². The number of hydrogen-bond acceptors (Lipinski definition) is 4. The highest BCUT2D eigenvalue weighted by Gasteiger charge is 2.31. The number of nitrogens with one attached hydrogen (secondary N) is 2. The fraction of sp³-hybridized carbons (Fsp3) is 0.667. The van der Waals surface area contributed by atoms with Crippen LogP contribution in [-0.2, 0) is 0 Å². The lowest BCUT2D eigenvalue weighted by Crippen LogP contribution is -2.35. The Morgan fingerprint density at radius 3 is 2.33 bits per heavy atom. The van der Waals surface area contributed by atoms with Crippen LogP contribution in [0.3, 0.4) is 0 Å². The number of hydrogen-bond donors (Lipinski definition) is 3. The molecule has 0 spiro atoms. The Bertz CT molecular complexity index is 476. The number of aliphatic hydroxyl groups is 1. The van der Waals surface area contributed by atoms with Crippen molar-refractivity contribution in [3.05, 3.63) is 16.1 Å². The molecule has 1 aliphatic rings. The molecule has 1 aromatic rings. The molecule has 21 heavy (non-hydrogen) atoms. The summed E-state index contributed by atoms with van der Waals surface area (Å²) in [5, 5.41) is 17.2. The summed E-state index contributed by atoms with van der Waals surface area (Å²) >= 11 is 12.3. The smallest absolute Gasteiger partial charge is 0.147 e. The zero-order valence-electron chi connectivity index (χ0n) is 12.4. The molecule has 1 fully saturated rings. The first-order valence-corrected chi connectivity index (χ1v) is 8.30. The minimum Gasteiger partial charge on any atom is -0.396 e. The Morgan fingerprint density at radius 2 is 1.76 bits per heavy atom. The summed E-state index contributed by atoms with van der Waals surface area (Å²) in [5.41, 5.74) is -0.0543. The van der Waals surface area contributed by atoms with Gasteiger partial charge >= 0.3 is 0 Å². The van der Waals surface area contributed by atoms with Gasteiger partial charge in [-0.05, 0) is 25.8 Å². The van der Waals surface area contributed by atoms with Gasteiger partial charge in [0.05, 0.1) is 16.7 Å². The van der Waals surface area contributed by atoms with Crippen LogP contribution in [0.15, 0.2) is 6.07 Å². The Balaban J connectivity index is 2.09. The Hall–Kier alpha value is -0.710. The summed E-state index contributed by atoms with van der Waals surface area (Å²) in [6, 6.07) is 1.70. The molecule has 0 aromatic carbocycles. The first-order chi connectivity index (χ1) is 10.1. The maximum Gasteiger partial charge on any atom is 0.147 e. The molecular weight excluding hydrogens is 309 g/mol. The van der Waals surface area contributed by atoms with E-state index in [1.54, 1.807) is 6.07 Å². The van der Waals surface area contributed by atoms with Gasteiger partial charge in [0.15, 0.2) is 0 Å². The Morgan fingerprint density at radius 1 is 1.14 bits per heavy atom. The molecule has 1 heterocycles. The zero-order valence-corrected chi connectivity index (χ0v) is 13.9. The fourth-order valence-electron chi connectivity index (χ4n) is 2.85. The van der Waals surface area contributed by atoms with Crippen LogP contribution in [0.4, 0.5) is 11.6 Å². The highest BCUT2D eigenvalue weighted by atomic mass is 35.5. The molecule has 0 saturated heterocycles. The van der Waals surface area contributed by atoms with Gasteiger partial charge in [0.2, 0.25) is 0 Å². The molecular formula is C15H23Cl2N3O. The van der Waals surface area contributed by atoms with Crippen molar-refractivity contribution >= 4 is 34.8 Å². The standard InChI is InChI=1S/C15H23Cl2N3O/c1-2-18-13-11(16)8-12(17)14(20-13)19-9-15(10-21)6-4-3-5-7-15/h8,21H,2-7,9-10H2,1H3,(H2,18,19,20). The maximum atomic E-state index is 9.74. The van der Waals surface area contributed by atoms with Gasteiger partial charge in [-0.25, -0.2) is 4.98 Å². The van der Waals surface area contributed by atoms with Crippen molar-refractivity contribution in [1.29, 1.82) is 0 Å². The van der Waals surface area contributed by atoms with E-state index < -0.39 is 0 Å². The molecule has 0 unspecified atom stereocenters. The largest absolute Gasteiger partial charge is 0.396 e. The number of rotatable bonds is 6. The average Bonchev–Trinajstić information content (AvgIpc) is 2.50. The first kappa shape index (κ1) is 16.7. The number of pyridine rings is 1. The normalized spacial score (nSPS) is 17.5. The van der Waals surface area contributed by atoms with Crippen molar-refractivity contribution in [3.8, 4) is 0 Å². The monoisotopic (exact) mass is 331 g/mol. The summed E-state index contributed by atoms with van der Waals surface area (Å²) in [6.07, 6.45) is 5.69. The summed E-state index contributed by atoms with van der Waals surface area (Å²) in [6.45, 7) is 3.62. The van der Waals surface area contributed by atoms with Crippen LogP contribution in [0.1, 0.15) is 39.0 Å². The number of aliphatic hydroxyl groups excluding tert-OH is 1. The molecule has 0 radical (unpaired) electrons. The predicted molar refractivity (Wildman–Crippen MR) is 89.5 cm³/mol. The van der Waals surface area contributed by atoms with Gasteiger partial charge in [0.25, 0.3) is 0 Å². The first-order valence-electron chi connectivity index (χ1n) is 7.55. The third-order valence-electron chi connectivity index (χ3n) is 4.15. The molecule has 4 nitrogen and oxygen atoms in total. The third kappa shape index (κ3) is 4.15. The van der Waals surface area contributed by atoms with E-state index in [4.69, 9.17) is 23.2 Å². The number of aromatic nitrogens is 1. The molecule has 2 rings (SSSR count). The van der Waals surface area contributed by atoms with Crippen LogP contribution >= 0.6 is 23.2 Å². The molecule has 6 heteroatoms. The van der Waals surface area contributed by atoms with Gasteiger partial charge in [0, 0.05) is 18.5 Å². The maximum absolute atomic E-state index is 9.74. The zero-order chi connectivity index (χ0) is 15.3. The van der Waals surface area contributed by atoms with Crippen LogP contribution < -0.4 is 10.6 Å². The summed E-state index contributed by atoms with van der Waals surface area (Å²) in [4.78, 5) is 4.44. The van der Waals surface area contributed by atoms with Crippen molar-refractivity contribution in [2.45, 2.75) is 39.0 Å². The van der Waals surface area contributed by atoms with Gasteiger partial charge in [0.1, 0.15) is 11.6 Å². The number of halogens is 2. The molecule has 3 N–H and O–H groups in total. The second kappa shape index (κ2) is 7.52. The summed E-state index contributed by atoms with van der Waals surface area (Å²) in [7, 11) is 0. The molecule has 0 bridgehead atoms. The Kier molecular flexibility index (Phi) is 5.97. The predicted octanol–water partition coefficient (Wildman–Crippen LogP) is 4.17. The summed E-state index contributed by atoms with van der Waals surface area (Å²) < 4.78 is 0. The topological polar surface area (TPSA) is 57.2 Å². The van der Waals surface area contributed by atoms with E-state index in [1.165, 1.54) is 19.3 Å². The molecule has 118 valence electrons. The molecule has 1 saturated carbocycles. The van der Waals surface area contributed by atoms with Gasteiger partial charge in [-0.1, -0.05) is 42.5 Å². The summed E-state index contributed by atoms with van der Waals surface area (Å²) in [5.74, 6) is 1.25. The highest BCUT2D eigenvalue weighted by Crippen LogP contribution is 2.37. The van der Waals surface area contributed by atoms with E-state index in [0.717, 1.165) is 19.4 Å². The van der Waals surface area contributed by atoms with Crippen LogP contribution in [0.5, 0.6) is 0 Å². The lowest BCUT2D eigenvalue weighted by molar-refractivity contribution is 0.0943. The van der Waals surface area contributed by atoms with Crippen molar-refractivity contribution < 1.29 is 5.11 Å². The van der Waals surface area contributed by atoms with Crippen LogP contribution in [0.2, 0.25) is 10.0 Å².